The van der Waals surface area contributed by atoms with Crippen LogP contribution in [0.4, 0.5) is 11.5 Å². The van der Waals surface area contributed by atoms with Gasteiger partial charge in [-0.25, -0.2) is 9.97 Å². The minimum Gasteiger partial charge on any atom is -0.394 e. The zero-order valence-corrected chi connectivity index (χ0v) is 17.7. The molecule has 176 valence electrons. The van der Waals surface area contributed by atoms with Gasteiger partial charge >= 0.3 is 0 Å². The average molecular weight is 451 g/mol. The Morgan fingerprint density at radius 1 is 1.28 bits per heavy atom. The van der Waals surface area contributed by atoms with Crippen LogP contribution in [0.25, 0.3) is 0 Å². The number of nitrogens with one attached hydrogen (secondary N) is 2. The summed E-state index contributed by atoms with van der Waals surface area (Å²) < 4.78 is 5.78. The second-order valence-corrected chi connectivity index (χ2v) is 7.86. The molecule has 3 heterocycles. The highest BCUT2D eigenvalue weighted by Gasteiger charge is 2.47. The van der Waals surface area contributed by atoms with E-state index < -0.39 is 49.0 Å². The van der Waals surface area contributed by atoms with Gasteiger partial charge in [-0.05, 0) is 6.42 Å². The smallest absolute Gasteiger partial charge is 0.220 e. The van der Waals surface area contributed by atoms with E-state index in [2.05, 4.69) is 25.6 Å². The van der Waals surface area contributed by atoms with E-state index in [0.717, 1.165) is 0 Å². The normalized spacial score (nSPS) is 27.6. The van der Waals surface area contributed by atoms with Gasteiger partial charge in [0.25, 0.3) is 0 Å². The Morgan fingerprint density at radius 2 is 2.06 bits per heavy atom. The van der Waals surface area contributed by atoms with E-state index in [0.29, 0.717) is 24.2 Å². The third-order valence-electron chi connectivity index (χ3n) is 5.50. The summed E-state index contributed by atoms with van der Waals surface area (Å²) in [5, 5.41) is 46.5. The highest BCUT2D eigenvalue weighted by Crippen LogP contribution is 2.34. The van der Waals surface area contributed by atoms with Crippen molar-refractivity contribution in [2.24, 2.45) is 10.9 Å². The molecule has 0 saturated carbocycles. The largest absolute Gasteiger partial charge is 0.394 e. The number of aromatic nitrogens is 2. The molecule has 0 aromatic carbocycles. The van der Waals surface area contributed by atoms with Gasteiger partial charge in [-0.2, -0.15) is 0 Å². The molecule has 2 aliphatic heterocycles. The topological polar surface area (TPSA) is 186 Å². The van der Waals surface area contributed by atoms with Gasteiger partial charge in [0.2, 0.25) is 5.91 Å². The maximum atomic E-state index is 12.4. The van der Waals surface area contributed by atoms with Crippen LogP contribution in [0.3, 0.4) is 0 Å². The molecular formula is C20H29N5O7. The molecule has 0 aliphatic carbocycles. The summed E-state index contributed by atoms with van der Waals surface area (Å²) in [4.78, 5) is 36.4. The van der Waals surface area contributed by atoms with E-state index in [4.69, 9.17) is 4.74 Å². The molecule has 6 unspecified atom stereocenters. The van der Waals surface area contributed by atoms with Gasteiger partial charge in [-0.15, -0.1) is 0 Å². The van der Waals surface area contributed by atoms with Crippen LogP contribution in [-0.2, 0) is 20.7 Å². The van der Waals surface area contributed by atoms with Crippen LogP contribution in [0.15, 0.2) is 11.3 Å². The molecule has 3 rings (SSSR count). The van der Waals surface area contributed by atoms with Crippen molar-refractivity contribution >= 4 is 29.4 Å². The number of amides is 1. The van der Waals surface area contributed by atoms with Gasteiger partial charge in [0.1, 0.15) is 24.2 Å². The van der Waals surface area contributed by atoms with Crippen LogP contribution in [0.2, 0.25) is 0 Å². The Labute approximate surface area is 184 Å². The Kier molecular flexibility index (Phi) is 8.21. The Bertz CT molecular complexity index is 852. The van der Waals surface area contributed by atoms with Crippen molar-refractivity contribution in [2.45, 2.75) is 63.3 Å². The summed E-state index contributed by atoms with van der Waals surface area (Å²) in [5.74, 6) is -1.39. The van der Waals surface area contributed by atoms with Gasteiger partial charge in [-0.3, -0.25) is 14.6 Å². The quantitative estimate of drug-likeness (QED) is 0.243. The lowest BCUT2D eigenvalue weighted by atomic mass is 9.82. The third-order valence-corrected chi connectivity index (χ3v) is 5.50. The number of aliphatic hydroxyl groups excluding tert-OH is 4. The number of aliphatic imine (C=N–C) groups is 1. The van der Waals surface area contributed by atoms with Crippen LogP contribution in [-0.4, -0.2) is 92.1 Å². The first-order chi connectivity index (χ1) is 15.3. The molecule has 2 aliphatic rings. The monoisotopic (exact) mass is 451 g/mol. The van der Waals surface area contributed by atoms with Crippen molar-refractivity contribution in [3.63, 3.8) is 0 Å². The molecule has 1 aromatic heterocycles. The van der Waals surface area contributed by atoms with Crippen LogP contribution in [0, 0.1) is 5.92 Å². The van der Waals surface area contributed by atoms with Gasteiger partial charge in [0.05, 0.1) is 31.1 Å². The van der Waals surface area contributed by atoms with Crippen LogP contribution < -0.4 is 10.6 Å². The maximum absolute atomic E-state index is 12.4. The Hall–Kier alpha value is -2.51. The van der Waals surface area contributed by atoms with E-state index in [9.17, 15) is 30.0 Å². The summed E-state index contributed by atoms with van der Waals surface area (Å²) in [6.07, 6.45) is -2.51. The van der Waals surface area contributed by atoms with Crippen molar-refractivity contribution < 1.29 is 34.8 Å². The summed E-state index contributed by atoms with van der Waals surface area (Å²) >= 11 is 0. The first-order valence-electron chi connectivity index (χ1n) is 10.6. The predicted octanol–water partition coefficient (Wildman–Crippen LogP) is -1.56. The number of rotatable bonds is 10. The first kappa shape index (κ1) is 24.1. The van der Waals surface area contributed by atoms with Crippen molar-refractivity contribution in [1.29, 1.82) is 0 Å². The van der Waals surface area contributed by atoms with Crippen LogP contribution >= 0.6 is 0 Å². The number of ether oxygens (including phenoxy) is 1. The van der Waals surface area contributed by atoms with Crippen LogP contribution in [0.5, 0.6) is 0 Å². The Morgan fingerprint density at radius 3 is 2.78 bits per heavy atom. The number of ketones is 1. The standard InChI is InChI=1S/C20H29N5O7/c1-2-3-14(29)22-7-10(27)6-11-16(30)17(31)20(32-18(11)13(28)8-26)25-19-15-12(4-5-21-15)23-9-24-19/h5,9,11,13,16-18,20,26,28,30-31H,2-4,6-8H2,1H3,(H,22,29)(H,23,24,25). The molecular weight excluding hydrogens is 422 g/mol. The van der Waals surface area contributed by atoms with Gasteiger partial charge in [0, 0.05) is 31.4 Å². The lowest BCUT2D eigenvalue weighted by Gasteiger charge is -2.44. The molecule has 0 bridgehead atoms. The summed E-state index contributed by atoms with van der Waals surface area (Å²) in [6, 6.07) is 0. The molecule has 1 aromatic rings. The fourth-order valence-corrected chi connectivity index (χ4v) is 3.83. The van der Waals surface area contributed by atoms with Crippen molar-refractivity contribution in [3.05, 3.63) is 12.0 Å². The van der Waals surface area contributed by atoms with Gasteiger partial charge in [0.15, 0.2) is 17.8 Å². The number of fused-ring (bicyclic) bond motifs is 1. The van der Waals surface area contributed by atoms with Crippen LogP contribution in [0.1, 0.15) is 31.9 Å². The van der Waals surface area contributed by atoms with E-state index in [1.165, 1.54) is 6.33 Å². The molecule has 1 fully saturated rings. The van der Waals surface area contributed by atoms with Gasteiger partial charge in [-0.1, -0.05) is 6.92 Å². The minimum absolute atomic E-state index is 0.243. The second-order valence-electron chi connectivity index (χ2n) is 7.86. The number of nitrogens with zero attached hydrogens (tertiary/aromatic N) is 3. The number of hydrogen-bond acceptors (Lipinski definition) is 11. The van der Waals surface area contributed by atoms with E-state index in [-0.39, 0.29) is 31.1 Å². The molecule has 6 N–H and O–H groups in total. The predicted molar refractivity (Wildman–Crippen MR) is 112 cm³/mol. The lowest BCUT2D eigenvalue weighted by molar-refractivity contribution is -0.219. The number of anilines is 1. The van der Waals surface area contributed by atoms with Gasteiger partial charge < -0.3 is 35.8 Å². The minimum atomic E-state index is -1.47. The highest BCUT2D eigenvalue weighted by atomic mass is 16.5. The van der Waals surface area contributed by atoms with Crippen molar-refractivity contribution in [1.82, 2.24) is 15.3 Å². The fourth-order valence-electron chi connectivity index (χ4n) is 3.83. The first-order valence-corrected chi connectivity index (χ1v) is 10.6. The zero-order chi connectivity index (χ0) is 23.3. The number of hydrogen-bond donors (Lipinski definition) is 6. The maximum Gasteiger partial charge on any atom is 0.220 e. The lowest BCUT2D eigenvalue weighted by Crippen LogP contribution is -2.60. The van der Waals surface area contributed by atoms with E-state index in [1.54, 1.807) is 6.21 Å². The molecule has 12 heteroatoms. The van der Waals surface area contributed by atoms with E-state index >= 15 is 0 Å². The number of carbonyl (C=O) groups excluding carboxylic acids is 2. The highest BCUT2D eigenvalue weighted by molar-refractivity contribution is 5.86. The molecule has 6 atom stereocenters. The van der Waals surface area contributed by atoms with E-state index in [1.807, 2.05) is 6.92 Å². The molecule has 1 amide bonds. The summed E-state index contributed by atoms with van der Waals surface area (Å²) in [5.41, 5.74) is 1.17. The molecule has 0 radical (unpaired) electrons. The molecule has 32 heavy (non-hydrogen) atoms. The zero-order valence-electron chi connectivity index (χ0n) is 17.7. The average Bonchev–Trinajstić information content (AvgIpc) is 3.27. The summed E-state index contributed by atoms with van der Waals surface area (Å²) in [7, 11) is 0. The third kappa shape index (κ3) is 5.45. The molecule has 12 nitrogen and oxygen atoms in total. The Balaban J connectivity index is 1.71. The molecule has 0 spiro atoms. The molecule has 1 saturated heterocycles. The second kappa shape index (κ2) is 10.9. The number of aliphatic hydroxyl groups is 4. The summed E-state index contributed by atoms with van der Waals surface area (Å²) in [6.45, 7) is 0.921. The number of carbonyl (C=O) groups is 2. The fraction of sp³-hybridized carbons (Fsp3) is 0.650. The SMILES string of the molecule is CCCC(=O)NCC(=O)CC1C(O)C(O)C(Nc2ncnc3c2N=CC3)OC1C(O)CO. The van der Waals surface area contributed by atoms with Crippen molar-refractivity contribution in [2.75, 3.05) is 18.5 Å². The number of Topliss-reactive ketones (excluding diaryl/α,β-unsaturated/α-hetero) is 1. The van der Waals surface area contributed by atoms with Crippen molar-refractivity contribution in [3.8, 4) is 0 Å².